The Morgan fingerprint density at radius 2 is 1.32 bits per heavy atom. The molecule has 0 aliphatic heterocycles. The Morgan fingerprint density at radius 3 is 1.74 bits per heavy atom. The van der Waals surface area contributed by atoms with Crippen LogP contribution >= 0.6 is 0 Å². The second-order valence-corrected chi connectivity index (χ2v) is 7.29. The summed E-state index contributed by atoms with van der Waals surface area (Å²) >= 11 is 0. The summed E-state index contributed by atoms with van der Waals surface area (Å²) in [5.41, 5.74) is -1.87. The number of rotatable bonds is 2. The summed E-state index contributed by atoms with van der Waals surface area (Å²) in [6.07, 6.45) is -12.3. The van der Waals surface area contributed by atoms with Crippen molar-refractivity contribution in [3.05, 3.63) is 60.2 Å². The van der Waals surface area contributed by atoms with Gasteiger partial charge in [0.2, 0.25) is 0 Å². The fourth-order valence-corrected chi connectivity index (χ4v) is 2.24. The summed E-state index contributed by atoms with van der Waals surface area (Å²) in [5.74, 6) is 0. The van der Waals surface area contributed by atoms with Crippen LogP contribution in [0.1, 0.15) is 26.3 Å². The van der Waals surface area contributed by atoms with Crippen LogP contribution in [0.3, 0.4) is 0 Å². The molecule has 5 nitrogen and oxygen atoms in total. The number of nitrogen functional groups attached to an aromatic ring is 1. The average molecular weight is 452 g/mol. The number of amides is 1. The number of hydrogen-bond acceptors (Lipinski definition) is 4. The van der Waals surface area contributed by atoms with E-state index in [4.69, 9.17) is 15.6 Å². The monoisotopic (exact) mass is 452 g/mol. The number of anilines is 2. The average Bonchev–Trinajstić information content (AvgIpc) is 2.59. The van der Waals surface area contributed by atoms with Crippen molar-refractivity contribution in [1.82, 2.24) is 0 Å². The molecule has 4 N–H and O–H groups in total. The standard InChI is InChI=1S/C11H15NO2.C9H7F6NO/c1-11(2,3)14-10(13)12-9-7-5-4-6-8-9;10-8(11,12)7(17,9(13,14)15)5-3-1-2-4-6(5)16/h4-8H,1-3H3,(H,12,13);1-4,17H,16H2. The molecule has 0 fully saturated rings. The van der Waals surface area contributed by atoms with Gasteiger partial charge in [-0.2, -0.15) is 26.3 Å². The van der Waals surface area contributed by atoms with Crippen LogP contribution in [0.15, 0.2) is 54.6 Å². The number of hydrogen-bond donors (Lipinski definition) is 3. The van der Waals surface area contributed by atoms with Gasteiger partial charge >= 0.3 is 18.4 Å². The molecule has 1 amide bonds. The number of benzene rings is 2. The second kappa shape index (κ2) is 9.46. The van der Waals surface area contributed by atoms with Gasteiger partial charge in [-0.25, -0.2) is 4.79 Å². The van der Waals surface area contributed by atoms with E-state index in [1.807, 2.05) is 51.1 Å². The van der Waals surface area contributed by atoms with E-state index in [1.54, 1.807) is 0 Å². The zero-order chi connectivity index (χ0) is 24.1. The van der Waals surface area contributed by atoms with Gasteiger partial charge in [0.25, 0.3) is 5.60 Å². The lowest BCUT2D eigenvalue weighted by molar-refractivity contribution is -0.376. The Morgan fingerprint density at radius 1 is 0.871 bits per heavy atom. The summed E-state index contributed by atoms with van der Waals surface area (Å²) in [6.45, 7) is 5.49. The van der Waals surface area contributed by atoms with E-state index in [1.165, 1.54) is 0 Å². The summed E-state index contributed by atoms with van der Waals surface area (Å²) in [6, 6.07) is 12.6. The van der Waals surface area contributed by atoms with Crippen molar-refractivity contribution < 1.29 is 41.0 Å². The number of alkyl halides is 6. The van der Waals surface area contributed by atoms with Gasteiger partial charge in [0.1, 0.15) is 5.60 Å². The van der Waals surface area contributed by atoms with Crippen molar-refractivity contribution in [1.29, 1.82) is 0 Å². The van der Waals surface area contributed by atoms with E-state index in [9.17, 15) is 31.1 Å². The van der Waals surface area contributed by atoms with Crippen molar-refractivity contribution in [2.24, 2.45) is 0 Å². The van der Waals surface area contributed by atoms with Crippen molar-refractivity contribution in [2.75, 3.05) is 11.1 Å². The van der Waals surface area contributed by atoms with Gasteiger partial charge in [-0.05, 0) is 39.0 Å². The minimum atomic E-state index is -5.92. The molecule has 0 unspecified atom stereocenters. The first kappa shape index (κ1) is 26.1. The Bertz CT molecular complexity index is 848. The first-order valence-electron chi connectivity index (χ1n) is 8.75. The maximum Gasteiger partial charge on any atom is 0.430 e. The highest BCUT2D eigenvalue weighted by molar-refractivity contribution is 5.84. The molecule has 0 saturated carbocycles. The minimum absolute atomic E-state index is 0.427. The predicted molar refractivity (Wildman–Crippen MR) is 103 cm³/mol. The van der Waals surface area contributed by atoms with Gasteiger partial charge in [0.15, 0.2) is 0 Å². The second-order valence-electron chi connectivity index (χ2n) is 7.29. The molecular formula is C20H22F6N2O3. The van der Waals surface area contributed by atoms with E-state index in [2.05, 4.69) is 5.32 Å². The van der Waals surface area contributed by atoms with E-state index < -0.39 is 40.9 Å². The molecule has 2 aromatic carbocycles. The van der Waals surface area contributed by atoms with Gasteiger partial charge in [-0.15, -0.1) is 0 Å². The maximum atomic E-state index is 12.4. The normalized spacial score (nSPS) is 12.5. The highest BCUT2D eigenvalue weighted by Gasteiger charge is 2.71. The zero-order valence-electron chi connectivity index (χ0n) is 16.8. The molecule has 0 saturated heterocycles. The van der Waals surface area contributed by atoms with Crippen LogP contribution in [0.4, 0.5) is 42.5 Å². The molecule has 0 atom stereocenters. The topological polar surface area (TPSA) is 84.6 Å². The lowest BCUT2D eigenvalue weighted by Crippen LogP contribution is -2.54. The lowest BCUT2D eigenvalue weighted by atomic mass is 9.91. The first-order chi connectivity index (χ1) is 14.0. The molecule has 11 heteroatoms. The van der Waals surface area contributed by atoms with E-state index in [0.29, 0.717) is 6.07 Å². The van der Waals surface area contributed by atoms with Crippen molar-refractivity contribution in [3.8, 4) is 0 Å². The number of carbonyl (C=O) groups excluding carboxylic acids is 1. The Labute approximate surface area is 174 Å². The number of nitrogens with one attached hydrogen (secondary N) is 1. The third-order valence-corrected chi connectivity index (χ3v) is 3.59. The molecule has 2 rings (SSSR count). The molecule has 0 radical (unpaired) electrons. The van der Waals surface area contributed by atoms with E-state index in [-0.39, 0.29) is 0 Å². The quantitative estimate of drug-likeness (QED) is 0.408. The molecule has 2 aromatic rings. The highest BCUT2D eigenvalue weighted by atomic mass is 19.4. The van der Waals surface area contributed by atoms with Gasteiger partial charge < -0.3 is 15.6 Å². The fourth-order valence-electron chi connectivity index (χ4n) is 2.24. The third kappa shape index (κ3) is 7.06. The minimum Gasteiger partial charge on any atom is -0.444 e. The Hall–Kier alpha value is -2.95. The van der Waals surface area contributed by atoms with E-state index >= 15 is 0 Å². The van der Waals surface area contributed by atoms with Crippen molar-refractivity contribution in [3.63, 3.8) is 0 Å². The molecule has 0 heterocycles. The third-order valence-electron chi connectivity index (χ3n) is 3.59. The fraction of sp³-hybridized carbons (Fsp3) is 0.350. The molecular weight excluding hydrogens is 430 g/mol. The predicted octanol–water partition coefficient (Wildman–Crippen LogP) is 5.61. The van der Waals surface area contributed by atoms with Gasteiger partial charge in [0, 0.05) is 16.9 Å². The van der Waals surface area contributed by atoms with Crippen LogP contribution in [-0.2, 0) is 10.3 Å². The number of ether oxygens (including phenoxy) is 1. The van der Waals surface area contributed by atoms with Crippen molar-refractivity contribution >= 4 is 17.5 Å². The summed E-state index contributed by atoms with van der Waals surface area (Å²) < 4.78 is 79.7. The summed E-state index contributed by atoms with van der Waals surface area (Å²) in [5, 5.41) is 11.6. The van der Waals surface area contributed by atoms with Gasteiger partial charge in [-0.1, -0.05) is 36.4 Å². The van der Waals surface area contributed by atoms with Crippen LogP contribution in [-0.4, -0.2) is 29.2 Å². The number of nitrogens with two attached hydrogens (primary N) is 1. The molecule has 0 bridgehead atoms. The lowest BCUT2D eigenvalue weighted by Gasteiger charge is -2.33. The first-order valence-corrected chi connectivity index (χ1v) is 8.75. The smallest absolute Gasteiger partial charge is 0.430 e. The van der Waals surface area contributed by atoms with Crippen LogP contribution in [0.5, 0.6) is 0 Å². The molecule has 0 spiro atoms. The number of halogens is 6. The largest absolute Gasteiger partial charge is 0.444 e. The van der Waals surface area contributed by atoms with Crippen LogP contribution in [0, 0.1) is 0 Å². The molecule has 0 aliphatic carbocycles. The molecule has 31 heavy (non-hydrogen) atoms. The van der Waals surface area contributed by atoms with Crippen molar-refractivity contribution in [2.45, 2.75) is 44.3 Å². The number of aliphatic hydroxyl groups is 1. The van der Waals surface area contributed by atoms with Gasteiger partial charge in [0.05, 0.1) is 0 Å². The molecule has 0 aromatic heterocycles. The SMILES string of the molecule is CC(C)(C)OC(=O)Nc1ccccc1.Nc1ccccc1C(O)(C(F)(F)F)C(F)(F)F. The Kier molecular flexibility index (Phi) is 7.96. The number of para-hydroxylation sites is 2. The summed E-state index contributed by atoms with van der Waals surface area (Å²) in [4.78, 5) is 11.3. The Balaban J connectivity index is 0.000000316. The van der Waals surface area contributed by atoms with Crippen LogP contribution < -0.4 is 11.1 Å². The van der Waals surface area contributed by atoms with Crippen LogP contribution in [0.2, 0.25) is 0 Å². The van der Waals surface area contributed by atoms with Crippen LogP contribution in [0.25, 0.3) is 0 Å². The molecule has 172 valence electrons. The molecule has 0 aliphatic rings. The summed E-state index contributed by atoms with van der Waals surface area (Å²) in [7, 11) is 0. The maximum absolute atomic E-state index is 12.4. The zero-order valence-corrected chi connectivity index (χ0v) is 16.8. The van der Waals surface area contributed by atoms with E-state index in [0.717, 1.165) is 23.9 Å². The van der Waals surface area contributed by atoms with Gasteiger partial charge in [-0.3, -0.25) is 5.32 Å². The highest BCUT2D eigenvalue weighted by Crippen LogP contribution is 2.51. The number of carbonyl (C=O) groups is 1.